The molecule has 0 bridgehead atoms. The lowest BCUT2D eigenvalue weighted by atomic mass is 9.92. The lowest BCUT2D eigenvalue weighted by molar-refractivity contribution is -0.177. The number of amides is 1. The van der Waals surface area contributed by atoms with Crippen LogP contribution in [0.3, 0.4) is 0 Å². The third-order valence-corrected chi connectivity index (χ3v) is 7.30. The van der Waals surface area contributed by atoms with Gasteiger partial charge in [-0.25, -0.2) is 0 Å². The highest BCUT2D eigenvalue weighted by Crippen LogP contribution is 2.41. The van der Waals surface area contributed by atoms with Crippen LogP contribution in [0, 0.1) is 5.92 Å². The second-order valence-electron chi connectivity index (χ2n) is 9.38. The van der Waals surface area contributed by atoms with Crippen molar-refractivity contribution in [2.24, 2.45) is 5.92 Å². The van der Waals surface area contributed by atoms with Gasteiger partial charge in [-0.3, -0.25) is 9.69 Å². The average molecular weight is 447 g/mol. The van der Waals surface area contributed by atoms with E-state index in [1.54, 1.807) is 20.8 Å². The van der Waals surface area contributed by atoms with Gasteiger partial charge in [0, 0.05) is 6.54 Å². The summed E-state index contributed by atoms with van der Waals surface area (Å²) in [7, 11) is 1.97. The average Bonchev–Trinajstić information content (AvgIpc) is 3.19. The third-order valence-electron chi connectivity index (χ3n) is 6.44. The Bertz CT molecular complexity index is 606. The van der Waals surface area contributed by atoms with Crippen LogP contribution in [0.1, 0.15) is 47.0 Å². The molecule has 9 atom stereocenters. The monoisotopic (exact) mass is 446 g/mol. The van der Waals surface area contributed by atoms with Crippen LogP contribution in [0.5, 0.6) is 0 Å². The van der Waals surface area contributed by atoms with E-state index in [4.69, 9.17) is 14.2 Å². The second-order valence-corrected chi connectivity index (χ2v) is 10.3. The number of likely N-dealkylation sites (tertiary alicyclic amines) is 1. The molecule has 0 saturated carbocycles. The zero-order valence-corrected chi connectivity index (χ0v) is 19.7. The Morgan fingerprint density at radius 1 is 1.33 bits per heavy atom. The molecule has 3 N–H and O–H groups in total. The molecule has 3 aliphatic rings. The molecule has 3 rings (SSSR count). The summed E-state index contributed by atoms with van der Waals surface area (Å²) in [5.41, 5.74) is -0.532. The molecule has 3 aliphatic heterocycles. The van der Waals surface area contributed by atoms with Crippen molar-refractivity contribution >= 4 is 17.7 Å². The number of nitrogens with one attached hydrogen (secondary N) is 1. The molecular formula is C21H38N2O6S. The van der Waals surface area contributed by atoms with E-state index in [2.05, 4.69) is 17.1 Å². The molecule has 5 unspecified atom stereocenters. The van der Waals surface area contributed by atoms with Crippen molar-refractivity contribution < 1.29 is 29.2 Å². The van der Waals surface area contributed by atoms with Gasteiger partial charge in [0.25, 0.3) is 0 Å². The summed E-state index contributed by atoms with van der Waals surface area (Å²) >= 11 is 1.38. The Labute approximate surface area is 184 Å². The molecule has 0 aliphatic carbocycles. The van der Waals surface area contributed by atoms with Crippen LogP contribution in [0.15, 0.2) is 0 Å². The fourth-order valence-corrected chi connectivity index (χ4v) is 5.73. The van der Waals surface area contributed by atoms with Gasteiger partial charge < -0.3 is 29.7 Å². The van der Waals surface area contributed by atoms with Crippen molar-refractivity contribution in [1.82, 2.24) is 10.2 Å². The molecule has 1 amide bonds. The predicted molar refractivity (Wildman–Crippen MR) is 115 cm³/mol. The second kappa shape index (κ2) is 9.60. The molecule has 0 aromatic heterocycles. The lowest BCUT2D eigenvalue weighted by Gasteiger charge is -2.43. The summed E-state index contributed by atoms with van der Waals surface area (Å²) in [4.78, 5) is 15.2. The lowest BCUT2D eigenvalue weighted by Crippen LogP contribution is -2.65. The van der Waals surface area contributed by atoms with Crippen LogP contribution in [-0.2, 0) is 19.0 Å². The largest absolute Gasteiger partial charge is 0.391 e. The Hall–Kier alpha value is -0.420. The van der Waals surface area contributed by atoms with E-state index in [9.17, 15) is 15.0 Å². The number of carbonyl (C=O) groups is 1. The summed E-state index contributed by atoms with van der Waals surface area (Å²) in [6, 6.07) is -0.899. The standard InChI is InChI=1S/C21H38N2O6S/c1-7-8-12-9-13(23(5)10-12)19(26)22-14(11(2)24)16-18-17(28-21(3,4)29-18)15(25)20(27-16)30-6/h11-18,20,24-25H,7-10H2,1-6H3,(H,22,26)/t11?,12?,13-,14?,15?,16?,17+,18+,20-/m1/s1. The molecule has 3 fully saturated rings. The highest BCUT2D eigenvalue weighted by atomic mass is 32.2. The fourth-order valence-electron chi connectivity index (χ4n) is 5.05. The predicted octanol–water partition coefficient (Wildman–Crippen LogP) is 0.941. The van der Waals surface area contributed by atoms with Gasteiger partial charge in [-0.15, -0.1) is 11.8 Å². The SMILES string of the molecule is CCCC1C[C@H](C(=O)NC(C(C)O)C2O[C@H](SC)C(O)[C@@H]3OC(C)(C)O[C@@H]23)N(C)C1. The van der Waals surface area contributed by atoms with Gasteiger partial charge in [0.15, 0.2) is 5.79 Å². The first-order chi connectivity index (χ1) is 14.1. The summed E-state index contributed by atoms with van der Waals surface area (Å²) in [6.45, 7) is 8.29. The van der Waals surface area contributed by atoms with Crippen molar-refractivity contribution in [1.29, 1.82) is 0 Å². The molecule has 0 aromatic rings. The Kier molecular flexibility index (Phi) is 7.75. The fraction of sp³-hybridized carbons (Fsp3) is 0.952. The molecule has 9 heteroatoms. The first-order valence-corrected chi connectivity index (χ1v) is 12.3. The number of rotatable bonds is 7. The minimum absolute atomic E-state index is 0.104. The topological polar surface area (TPSA) is 100 Å². The van der Waals surface area contributed by atoms with Crippen molar-refractivity contribution in [3.63, 3.8) is 0 Å². The molecule has 3 heterocycles. The van der Waals surface area contributed by atoms with Crippen LogP contribution in [0.2, 0.25) is 0 Å². The van der Waals surface area contributed by atoms with Gasteiger partial charge in [-0.1, -0.05) is 13.3 Å². The Morgan fingerprint density at radius 2 is 2.00 bits per heavy atom. The minimum atomic E-state index is -0.877. The molecule has 3 saturated heterocycles. The number of hydrogen-bond donors (Lipinski definition) is 3. The van der Waals surface area contributed by atoms with Gasteiger partial charge in [0.1, 0.15) is 29.9 Å². The number of thioether (sulfide) groups is 1. The smallest absolute Gasteiger partial charge is 0.237 e. The maximum Gasteiger partial charge on any atom is 0.237 e. The van der Waals surface area contributed by atoms with Gasteiger partial charge in [0.05, 0.1) is 18.2 Å². The highest BCUT2D eigenvalue weighted by Gasteiger charge is 2.57. The molecule has 0 aromatic carbocycles. The van der Waals surface area contributed by atoms with Crippen molar-refractivity contribution in [2.45, 2.75) is 101 Å². The van der Waals surface area contributed by atoms with Crippen LogP contribution in [0.4, 0.5) is 0 Å². The summed E-state index contributed by atoms with van der Waals surface area (Å²) in [5, 5.41) is 24.3. The Morgan fingerprint density at radius 3 is 2.60 bits per heavy atom. The van der Waals surface area contributed by atoms with E-state index < -0.39 is 47.8 Å². The van der Waals surface area contributed by atoms with Crippen molar-refractivity contribution in [2.75, 3.05) is 19.8 Å². The first kappa shape index (κ1) is 24.2. The van der Waals surface area contributed by atoms with E-state index in [-0.39, 0.29) is 11.9 Å². The van der Waals surface area contributed by atoms with Crippen LogP contribution >= 0.6 is 11.8 Å². The maximum absolute atomic E-state index is 13.2. The zero-order chi connectivity index (χ0) is 22.2. The molecule has 0 radical (unpaired) electrons. The van der Waals surface area contributed by atoms with Gasteiger partial charge in [-0.2, -0.15) is 0 Å². The number of hydrogen-bond acceptors (Lipinski definition) is 8. The quantitative estimate of drug-likeness (QED) is 0.531. The summed E-state index contributed by atoms with van der Waals surface area (Å²) in [5.74, 6) is -0.469. The number of fused-ring (bicyclic) bond motifs is 1. The van der Waals surface area contributed by atoms with Crippen LogP contribution in [0.25, 0.3) is 0 Å². The number of likely N-dealkylation sites (N-methyl/N-ethyl adjacent to an activating group) is 1. The zero-order valence-electron chi connectivity index (χ0n) is 18.9. The number of carbonyl (C=O) groups excluding carboxylic acids is 1. The van der Waals surface area contributed by atoms with Crippen LogP contribution in [-0.4, -0.2) is 94.7 Å². The summed E-state index contributed by atoms with van der Waals surface area (Å²) < 4.78 is 18.1. The molecule has 30 heavy (non-hydrogen) atoms. The number of nitrogens with zero attached hydrogens (tertiary/aromatic N) is 1. The van der Waals surface area contributed by atoms with Crippen LogP contribution < -0.4 is 5.32 Å². The van der Waals surface area contributed by atoms with Crippen molar-refractivity contribution in [3.05, 3.63) is 0 Å². The number of aliphatic hydroxyl groups excluding tert-OH is 2. The van der Waals surface area contributed by atoms with Gasteiger partial charge in [-0.05, 0) is 52.8 Å². The highest BCUT2D eigenvalue weighted by molar-refractivity contribution is 7.99. The van der Waals surface area contributed by atoms with Gasteiger partial charge >= 0.3 is 0 Å². The number of ether oxygens (including phenoxy) is 3. The number of aliphatic hydroxyl groups is 2. The molecule has 8 nitrogen and oxygen atoms in total. The van der Waals surface area contributed by atoms with E-state index in [1.165, 1.54) is 11.8 Å². The maximum atomic E-state index is 13.2. The van der Waals surface area contributed by atoms with Gasteiger partial charge in [0.2, 0.25) is 5.91 Å². The first-order valence-electron chi connectivity index (χ1n) is 11.0. The van der Waals surface area contributed by atoms with E-state index in [0.717, 1.165) is 25.8 Å². The van der Waals surface area contributed by atoms with E-state index in [0.29, 0.717) is 5.92 Å². The Balaban J connectivity index is 1.77. The third kappa shape index (κ3) is 4.98. The molecule has 0 spiro atoms. The van der Waals surface area contributed by atoms with E-state index in [1.807, 2.05) is 13.3 Å². The normalized spacial score (nSPS) is 40.7. The molecular weight excluding hydrogens is 408 g/mol. The summed E-state index contributed by atoms with van der Waals surface area (Å²) in [6.07, 6.45) is 1.35. The molecule has 174 valence electrons. The minimum Gasteiger partial charge on any atom is -0.391 e. The van der Waals surface area contributed by atoms with Crippen molar-refractivity contribution in [3.8, 4) is 0 Å². The van der Waals surface area contributed by atoms with E-state index >= 15 is 0 Å².